The van der Waals surface area contributed by atoms with Gasteiger partial charge in [-0.05, 0) is 55.0 Å². The highest BCUT2D eigenvalue weighted by atomic mass is 32.2. The smallest absolute Gasteiger partial charge is 0.248 e. The second kappa shape index (κ2) is 8.40. The van der Waals surface area contributed by atoms with Crippen molar-refractivity contribution in [1.29, 1.82) is 0 Å². The van der Waals surface area contributed by atoms with Gasteiger partial charge in [0, 0.05) is 30.4 Å². The van der Waals surface area contributed by atoms with Crippen LogP contribution in [0, 0.1) is 0 Å². The number of carbonyl (C=O) groups excluding carboxylic acids is 1. The zero-order valence-electron chi connectivity index (χ0n) is 17.2. The van der Waals surface area contributed by atoms with Gasteiger partial charge >= 0.3 is 0 Å². The lowest BCUT2D eigenvalue weighted by atomic mass is 9.98. The molecule has 0 spiro atoms. The molecule has 2 saturated heterocycles. The van der Waals surface area contributed by atoms with Crippen LogP contribution in [0.3, 0.4) is 0 Å². The van der Waals surface area contributed by atoms with E-state index in [1.165, 1.54) is 11.8 Å². The number of amides is 1. The molecule has 0 saturated carbocycles. The van der Waals surface area contributed by atoms with Gasteiger partial charge in [-0.2, -0.15) is 0 Å². The van der Waals surface area contributed by atoms with E-state index in [9.17, 15) is 13.2 Å². The summed E-state index contributed by atoms with van der Waals surface area (Å²) in [6.45, 7) is 0.873. The number of benzene rings is 2. The average Bonchev–Trinajstić information content (AvgIpc) is 2.91. The second-order valence-corrected chi connectivity index (χ2v) is 10.7. The Labute approximate surface area is 177 Å². The van der Waals surface area contributed by atoms with Crippen LogP contribution in [0.2, 0.25) is 0 Å². The molecule has 160 valence electrons. The SMILES string of the molecule is CS(=O)(=O)Cc1ccc(CN2[C@@H]3CC[C@H]2CC(Oc2cccc(C(N)=O)c2)C3)cc1. The first-order chi connectivity index (χ1) is 14.3. The average molecular weight is 429 g/mol. The molecule has 4 rings (SSSR count). The standard InChI is InChI=1S/C23H28N2O4S/c1-30(27,28)15-17-7-5-16(6-8-17)14-25-19-9-10-20(25)13-22(12-19)29-21-4-2-3-18(11-21)23(24)26/h2-8,11,19-20,22H,9-10,12-15H2,1H3,(H2,24,26)/t19-,20+,22?. The minimum Gasteiger partial charge on any atom is -0.490 e. The molecule has 2 heterocycles. The van der Waals surface area contributed by atoms with E-state index in [1.807, 2.05) is 30.3 Å². The fourth-order valence-corrected chi connectivity index (χ4v) is 5.55. The van der Waals surface area contributed by atoms with E-state index in [0.717, 1.165) is 37.8 Å². The number of ether oxygens (including phenoxy) is 1. The molecule has 2 aromatic carbocycles. The number of rotatable bonds is 7. The number of carbonyl (C=O) groups is 1. The highest BCUT2D eigenvalue weighted by molar-refractivity contribution is 7.89. The van der Waals surface area contributed by atoms with Crippen molar-refractivity contribution in [1.82, 2.24) is 4.90 Å². The summed E-state index contributed by atoms with van der Waals surface area (Å²) in [5.41, 5.74) is 7.87. The van der Waals surface area contributed by atoms with E-state index >= 15 is 0 Å². The summed E-state index contributed by atoms with van der Waals surface area (Å²) in [5.74, 6) is 0.335. The third-order valence-electron chi connectivity index (χ3n) is 6.08. The summed E-state index contributed by atoms with van der Waals surface area (Å²) in [6.07, 6.45) is 5.65. The van der Waals surface area contributed by atoms with Gasteiger partial charge in [-0.1, -0.05) is 30.3 Å². The summed E-state index contributed by atoms with van der Waals surface area (Å²) < 4.78 is 29.1. The second-order valence-electron chi connectivity index (χ2n) is 8.55. The van der Waals surface area contributed by atoms with Crippen LogP contribution in [0.5, 0.6) is 5.75 Å². The van der Waals surface area contributed by atoms with Gasteiger partial charge in [0.15, 0.2) is 9.84 Å². The fourth-order valence-electron chi connectivity index (χ4n) is 4.75. The van der Waals surface area contributed by atoms with Crippen LogP contribution >= 0.6 is 0 Å². The molecule has 0 aliphatic carbocycles. The van der Waals surface area contributed by atoms with Gasteiger partial charge in [0.25, 0.3) is 0 Å². The zero-order chi connectivity index (χ0) is 21.3. The lowest BCUT2D eigenvalue weighted by Gasteiger charge is -2.39. The molecule has 2 fully saturated rings. The van der Waals surface area contributed by atoms with Crippen LogP contribution in [-0.2, 0) is 22.1 Å². The fraction of sp³-hybridized carbons (Fsp3) is 0.435. The third kappa shape index (κ3) is 5.02. The summed E-state index contributed by atoms with van der Waals surface area (Å²) in [7, 11) is -3.01. The first kappa shape index (κ1) is 20.9. The Hall–Kier alpha value is -2.38. The van der Waals surface area contributed by atoms with Gasteiger partial charge in [-0.25, -0.2) is 8.42 Å². The van der Waals surface area contributed by atoms with Crippen LogP contribution in [0.1, 0.15) is 47.2 Å². The number of nitrogens with zero attached hydrogens (tertiary/aromatic N) is 1. The number of primary amides is 1. The predicted molar refractivity (Wildman–Crippen MR) is 116 cm³/mol. The lowest BCUT2D eigenvalue weighted by molar-refractivity contribution is 0.0445. The summed E-state index contributed by atoms with van der Waals surface area (Å²) in [5, 5.41) is 0. The zero-order valence-corrected chi connectivity index (χ0v) is 18.0. The van der Waals surface area contributed by atoms with Crippen molar-refractivity contribution in [2.75, 3.05) is 6.26 Å². The number of hydrogen-bond donors (Lipinski definition) is 1. The largest absolute Gasteiger partial charge is 0.490 e. The number of nitrogens with two attached hydrogens (primary N) is 1. The molecule has 3 atom stereocenters. The molecule has 0 radical (unpaired) electrons. The van der Waals surface area contributed by atoms with Gasteiger partial charge in [0.1, 0.15) is 11.9 Å². The molecule has 2 bridgehead atoms. The minimum absolute atomic E-state index is 0.0816. The van der Waals surface area contributed by atoms with E-state index in [4.69, 9.17) is 10.5 Å². The van der Waals surface area contributed by atoms with Crippen molar-refractivity contribution < 1.29 is 17.9 Å². The van der Waals surface area contributed by atoms with Crippen molar-refractivity contribution in [3.63, 3.8) is 0 Å². The maximum Gasteiger partial charge on any atom is 0.248 e. The Morgan fingerprint density at radius 1 is 1.07 bits per heavy atom. The molecular formula is C23H28N2O4S. The normalized spacial score (nSPS) is 24.0. The first-order valence-electron chi connectivity index (χ1n) is 10.3. The molecule has 6 nitrogen and oxygen atoms in total. The summed E-state index contributed by atoms with van der Waals surface area (Å²) in [4.78, 5) is 14.0. The Morgan fingerprint density at radius 3 is 2.30 bits per heavy atom. The van der Waals surface area contributed by atoms with Crippen molar-refractivity contribution in [3.05, 3.63) is 65.2 Å². The van der Waals surface area contributed by atoms with Gasteiger partial charge in [0.05, 0.1) is 5.75 Å². The monoisotopic (exact) mass is 428 g/mol. The molecular weight excluding hydrogens is 400 g/mol. The molecule has 2 aliphatic rings. The molecule has 2 aromatic rings. The van der Waals surface area contributed by atoms with Crippen LogP contribution in [-0.4, -0.2) is 43.7 Å². The minimum atomic E-state index is -3.01. The molecule has 7 heteroatoms. The molecule has 1 unspecified atom stereocenters. The maximum absolute atomic E-state index is 11.5. The Morgan fingerprint density at radius 2 is 1.70 bits per heavy atom. The van der Waals surface area contributed by atoms with E-state index in [2.05, 4.69) is 4.90 Å². The van der Waals surface area contributed by atoms with E-state index in [0.29, 0.717) is 23.4 Å². The van der Waals surface area contributed by atoms with Crippen LogP contribution < -0.4 is 10.5 Å². The number of sulfone groups is 1. The van der Waals surface area contributed by atoms with Crippen molar-refractivity contribution in [2.45, 2.75) is 56.2 Å². The van der Waals surface area contributed by atoms with E-state index < -0.39 is 15.7 Å². The summed E-state index contributed by atoms with van der Waals surface area (Å²) in [6, 6.07) is 15.9. The molecule has 30 heavy (non-hydrogen) atoms. The summed E-state index contributed by atoms with van der Waals surface area (Å²) >= 11 is 0. The molecule has 0 aromatic heterocycles. The Bertz CT molecular complexity index is 1010. The van der Waals surface area contributed by atoms with Gasteiger partial charge in [0.2, 0.25) is 5.91 Å². The predicted octanol–water partition coefficient (Wildman–Crippen LogP) is 2.90. The third-order valence-corrected chi connectivity index (χ3v) is 6.94. The first-order valence-corrected chi connectivity index (χ1v) is 12.4. The highest BCUT2D eigenvalue weighted by Gasteiger charge is 2.41. The number of piperidine rings is 1. The quantitative estimate of drug-likeness (QED) is 0.732. The van der Waals surface area contributed by atoms with Crippen LogP contribution in [0.4, 0.5) is 0 Å². The molecule has 2 aliphatic heterocycles. The highest BCUT2D eigenvalue weighted by Crippen LogP contribution is 2.38. The molecule has 1 amide bonds. The van der Waals surface area contributed by atoms with Crippen molar-refractivity contribution >= 4 is 15.7 Å². The van der Waals surface area contributed by atoms with Crippen molar-refractivity contribution in [3.8, 4) is 5.75 Å². The maximum atomic E-state index is 11.5. The lowest BCUT2D eigenvalue weighted by Crippen LogP contribution is -2.45. The topological polar surface area (TPSA) is 89.7 Å². The van der Waals surface area contributed by atoms with Crippen molar-refractivity contribution in [2.24, 2.45) is 5.73 Å². The van der Waals surface area contributed by atoms with E-state index in [1.54, 1.807) is 18.2 Å². The Kier molecular flexibility index (Phi) is 5.84. The van der Waals surface area contributed by atoms with Gasteiger partial charge < -0.3 is 10.5 Å². The number of fused-ring (bicyclic) bond motifs is 2. The van der Waals surface area contributed by atoms with Gasteiger partial charge in [-0.15, -0.1) is 0 Å². The van der Waals surface area contributed by atoms with E-state index in [-0.39, 0.29) is 11.9 Å². The van der Waals surface area contributed by atoms with Crippen LogP contribution in [0.25, 0.3) is 0 Å². The number of hydrogen-bond acceptors (Lipinski definition) is 5. The van der Waals surface area contributed by atoms with Crippen LogP contribution in [0.15, 0.2) is 48.5 Å². The Balaban J connectivity index is 1.37. The van der Waals surface area contributed by atoms with Gasteiger partial charge in [-0.3, -0.25) is 9.69 Å². The molecule has 2 N–H and O–H groups in total.